The number of ether oxygens (including phenoxy) is 1. The van der Waals surface area contributed by atoms with Crippen molar-refractivity contribution in [3.8, 4) is 11.5 Å². The van der Waals surface area contributed by atoms with Gasteiger partial charge in [0, 0.05) is 48.5 Å². The van der Waals surface area contributed by atoms with Crippen molar-refractivity contribution >= 4 is 158 Å². The first-order chi connectivity index (χ1) is 36.5. The maximum absolute atomic E-state index is 12.5. The van der Waals surface area contributed by atoms with Gasteiger partial charge in [0.05, 0.1) is 65.2 Å². The van der Waals surface area contributed by atoms with E-state index in [0.717, 1.165) is 18.2 Å². The SMILES string of the molecule is COc1cc(N=Nc2cc3c(S(=O)(=O)O)cc(SOOO)cc3cc2S(=O)(=O)O)ccc1N=Nc1ccc(N=Nc2c(SOOO)cc3c(Nc4nc(SC)nc(SC)n4)cccc3c2O)c2ccc(SOOO)cc12. The van der Waals surface area contributed by atoms with Crippen LogP contribution in [-0.4, -0.2) is 81.4 Å². The predicted octanol–water partition coefficient (Wildman–Crippen LogP) is 13.3. The van der Waals surface area contributed by atoms with Gasteiger partial charge in [0.1, 0.15) is 32.6 Å². The minimum Gasteiger partial charge on any atom is -0.505 e. The summed E-state index contributed by atoms with van der Waals surface area (Å²) in [5, 5.41) is 80.8. The first-order valence-electron chi connectivity index (χ1n) is 20.5. The van der Waals surface area contributed by atoms with Gasteiger partial charge in [0.2, 0.25) is 5.95 Å². The molecule has 0 amide bonds. The highest BCUT2D eigenvalue weighted by molar-refractivity contribution is 7.99. The van der Waals surface area contributed by atoms with Gasteiger partial charge in [-0.1, -0.05) is 56.8 Å². The van der Waals surface area contributed by atoms with Crippen molar-refractivity contribution in [1.82, 2.24) is 15.0 Å². The Bertz CT molecular complexity index is 3830. The fraction of sp³-hybridized carbons (Fsp3) is 0.0714. The minimum atomic E-state index is -5.02. The van der Waals surface area contributed by atoms with Crippen molar-refractivity contribution in [1.29, 1.82) is 0 Å². The average molecular weight is 1170 g/mol. The summed E-state index contributed by atoms with van der Waals surface area (Å²) in [6, 6.07) is 23.0. The Morgan fingerprint density at radius 1 is 0.553 bits per heavy atom. The summed E-state index contributed by atoms with van der Waals surface area (Å²) in [5.41, 5.74) is 0.697. The van der Waals surface area contributed by atoms with Crippen LogP contribution in [0, 0.1) is 0 Å². The topological polar surface area (TPSA) is 379 Å². The van der Waals surface area contributed by atoms with Crippen molar-refractivity contribution in [2.45, 2.75) is 34.8 Å². The number of hydrogen-bond acceptors (Lipinski definition) is 30. The van der Waals surface area contributed by atoms with Gasteiger partial charge in [-0.15, -0.1) is 38.6 Å². The first-order valence-corrected chi connectivity index (χ1v) is 28.0. The number of phenols is 1. The molecule has 394 valence electrons. The van der Waals surface area contributed by atoms with E-state index in [1.54, 1.807) is 54.6 Å². The number of aromatic hydroxyl groups is 1. The van der Waals surface area contributed by atoms with Crippen LogP contribution in [0.25, 0.3) is 32.3 Å². The summed E-state index contributed by atoms with van der Waals surface area (Å²) < 4.78 is 89.2. The third kappa shape index (κ3) is 13.1. The van der Waals surface area contributed by atoms with Crippen LogP contribution in [-0.2, 0) is 48.4 Å². The quantitative estimate of drug-likeness (QED) is 0.00827. The monoisotopic (exact) mass is 1170 g/mol. The number of azo groups is 3. The Kier molecular flexibility index (Phi) is 18.3. The molecule has 1 heterocycles. The number of nitrogens with zero attached hydrogens (tertiary/aromatic N) is 9. The fourth-order valence-electron chi connectivity index (χ4n) is 7.02. The highest BCUT2D eigenvalue weighted by Gasteiger charge is 2.24. The molecule has 27 nitrogen and oxygen atoms in total. The second-order valence-corrected chi connectivity index (χ2v) is 21.2. The van der Waals surface area contributed by atoms with E-state index in [0.29, 0.717) is 78.6 Å². The minimum absolute atomic E-state index is 0.0539. The van der Waals surface area contributed by atoms with Crippen LogP contribution < -0.4 is 10.1 Å². The average Bonchev–Trinajstić information content (AvgIpc) is 3.42. The zero-order valence-corrected chi connectivity index (χ0v) is 44.0. The number of phenolic OH excluding ortho intramolecular Hbond substituents is 1. The summed E-state index contributed by atoms with van der Waals surface area (Å²) in [6.45, 7) is 0. The molecule has 0 aliphatic rings. The lowest BCUT2D eigenvalue weighted by atomic mass is 10.1. The molecule has 0 saturated heterocycles. The zero-order valence-electron chi connectivity index (χ0n) is 38.3. The third-order valence-corrected chi connectivity index (χ3v) is 14.8. The van der Waals surface area contributed by atoms with Crippen LogP contribution in [0.15, 0.2) is 163 Å². The Morgan fingerprint density at radius 2 is 1.18 bits per heavy atom. The van der Waals surface area contributed by atoms with Crippen LogP contribution in [0.3, 0.4) is 0 Å². The smallest absolute Gasteiger partial charge is 0.296 e. The van der Waals surface area contributed by atoms with E-state index in [1.165, 1.54) is 54.9 Å². The molecule has 0 atom stereocenters. The lowest BCUT2D eigenvalue weighted by Crippen LogP contribution is -2.02. The number of fused-ring (bicyclic) bond motifs is 3. The molecule has 0 radical (unpaired) electrons. The van der Waals surface area contributed by atoms with Crippen LogP contribution >= 0.6 is 59.7 Å². The van der Waals surface area contributed by atoms with E-state index in [4.69, 9.17) is 24.8 Å². The molecular weight excluding hydrogens is 1140 g/mol. The normalized spacial score (nSPS) is 12.4. The lowest BCUT2D eigenvalue weighted by molar-refractivity contribution is -0.432. The fourth-order valence-corrected chi connectivity index (χ4v) is 10.6. The molecule has 0 aliphatic heterocycles. The predicted molar refractivity (Wildman–Crippen MR) is 277 cm³/mol. The first kappa shape index (κ1) is 56.0. The summed E-state index contributed by atoms with van der Waals surface area (Å²) in [4.78, 5) is 12.3. The number of aromatic nitrogens is 3. The summed E-state index contributed by atoms with van der Waals surface area (Å²) >= 11 is 4.22. The number of methoxy groups -OCH3 is 1. The standard InChI is InChI=1S/C42H32N10O17S7/c1-63-34-15-21(47-51-33-18-26-20(14-37(33)76(60,61)62)13-23(73-68-65-55)17-36(26)75(57,58)59)7-10-32(34)50-48-31-12-11-30(24-9-8-22(16-27(24)31)72-67-64-54)49-52-38-35(74-69-66-56)19-28-25(39(38)53)5-4-6-29(28)43-40-44-41(70-2)46-42(45-40)71-3/h4-19,53-56H,1-3H3,(H,57,58,59)(H,60,61,62)(H,43,44,45,46). The van der Waals surface area contributed by atoms with Gasteiger partial charge in [0.25, 0.3) is 20.2 Å². The number of nitrogens with one attached hydrogen (secondary N) is 1. The van der Waals surface area contributed by atoms with Gasteiger partial charge in [-0.25, -0.2) is 15.8 Å². The van der Waals surface area contributed by atoms with E-state index in [-0.39, 0.29) is 66.4 Å². The van der Waals surface area contributed by atoms with Gasteiger partial charge in [0.15, 0.2) is 16.1 Å². The van der Waals surface area contributed by atoms with E-state index in [9.17, 15) is 31.0 Å². The summed E-state index contributed by atoms with van der Waals surface area (Å²) in [5.74, 6) is 0.0521. The maximum atomic E-state index is 12.5. The Morgan fingerprint density at radius 3 is 1.86 bits per heavy atom. The van der Waals surface area contributed by atoms with Crippen LogP contribution in [0.5, 0.6) is 11.5 Å². The lowest BCUT2D eigenvalue weighted by Gasteiger charge is -2.13. The van der Waals surface area contributed by atoms with Crippen molar-refractivity contribution in [3.63, 3.8) is 0 Å². The van der Waals surface area contributed by atoms with Crippen molar-refractivity contribution in [3.05, 3.63) is 97.1 Å². The number of hydrogen-bond donors (Lipinski definition) is 7. The summed E-state index contributed by atoms with van der Waals surface area (Å²) in [7, 11) is -8.65. The van der Waals surface area contributed by atoms with Crippen LogP contribution in [0.1, 0.15) is 0 Å². The van der Waals surface area contributed by atoms with Gasteiger partial charge >= 0.3 is 0 Å². The Hall–Kier alpha value is -6.26. The Balaban J connectivity index is 1.13. The van der Waals surface area contributed by atoms with Gasteiger partial charge < -0.3 is 15.2 Å². The van der Waals surface area contributed by atoms with Gasteiger partial charge in [-0.05, 0) is 90.7 Å². The van der Waals surface area contributed by atoms with E-state index >= 15 is 0 Å². The van der Waals surface area contributed by atoms with Gasteiger partial charge in [-0.2, -0.15) is 36.9 Å². The summed E-state index contributed by atoms with van der Waals surface area (Å²) in [6.07, 6.45) is 3.67. The van der Waals surface area contributed by atoms with Crippen LogP contribution in [0.4, 0.5) is 45.8 Å². The molecule has 34 heteroatoms. The molecule has 0 aliphatic carbocycles. The molecule has 7 N–H and O–H groups in total. The molecule has 0 saturated carbocycles. The molecule has 8 aromatic rings. The van der Waals surface area contributed by atoms with Crippen LogP contribution in [0.2, 0.25) is 0 Å². The maximum Gasteiger partial charge on any atom is 0.296 e. The van der Waals surface area contributed by atoms with Gasteiger partial charge in [-0.3, -0.25) is 9.11 Å². The van der Waals surface area contributed by atoms with Crippen molar-refractivity contribution in [2.24, 2.45) is 30.7 Å². The molecule has 0 unspecified atom stereocenters. The van der Waals surface area contributed by atoms with E-state index < -0.39 is 35.7 Å². The number of anilines is 2. The highest BCUT2D eigenvalue weighted by Crippen LogP contribution is 2.47. The molecule has 76 heavy (non-hydrogen) atoms. The Labute approximate surface area is 448 Å². The van der Waals surface area contributed by atoms with E-state index in [1.807, 2.05) is 12.5 Å². The molecular formula is C42H32N10O17S7. The molecule has 0 spiro atoms. The largest absolute Gasteiger partial charge is 0.505 e. The third-order valence-electron chi connectivity index (χ3n) is 10.2. The van der Waals surface area contributed by atoms with E-state index in [2.05, 4.69) is 74.7 Å². The highest BCUT2D eigenvalue weighted by atomic mass is 32.2. The number of thioether (sulfide) groups is 2. The number of benzene rings is 7. The molecule has 0 fully saturated rings. The molecule has 8 rings (SSSR count). The second kappa shape index (κ2) is 24.8. The second-order valence-electron chi connectivity index (χ2n) is 14.6. The van der Waals surface area contributed by atoms with Crippen molar-refractivity contribution < 1.29 is 79.7 Å². The number of rotatable bonds is 22. The molecule has 1 aromatic heterocycles. The molecule has 7 aromatic carbocycles. The molecule has 0 bridgehead atoms. The van der Waals surface area contributed by atoms with Crippen molar-refractivity contribution in [2.75, 3.05) is 24.9 Å². The zero-order chi connectivity index (χ0) is 54.1.